The normalized spacial score (nSPS) is 27.1. The van der Waals surface area contributed by atoms with Gasteiger partial charge in [0.1, 0.15) is 12.2 Å². The van der Waals surface area contributed by atoms with E-state index in [4.69, 9.17) is 52.1 Å². The fraction of sp³-hybridized carbons (Fsp3) is 0.513. The first-order valence-corrected chi connectivity index (χ1v) is 18.1. The molecule has 2 aliphatic heterocycles. The topological polar surface area (TPSA) is 236 Å². The molecule has 0 bridgehead atoms. The van der Waals surface area contributed by atoms with Crippen molar-refractivity contribution in [3.05, 3.63) is 94.9 Å². The SMILES string of the molecule is C=CCO[C@@]1(C(=O)OC)O[C@H]([C@@H](CO[C@H]2OC[C@H](N=[N+]=[N-])[C@H](OCc3ccccc3)[C@H]2OCc2ccccc2)OC(C)=O)[C@H](OC(C)=O)[C@H](OC(C)=O)[C@@H]1OC(C)=O. The molecule has 0 N–H and O–H groups in total. The zero-order valence-electron chi connectivity index (χ0n) is 32.7. The minimum Gasteiger partial charge on any atom is -0.465 e. The predicted octanol–water partition coefficient (Wildman–Crippen LogP) is 3.41. The molecule has 2 fully saturated rings. The molecule has 2 aliphatic rings. The summed E-state index contributed by atoms with van der Waals surface area (Å²) in [5.74, 6) is -7.72. The molecule has 2 heterocycles. The van der Waals surface area contributed by atoms with E-state index in [1.165, 1.54) is 6.08 Å². The van der Waals surface area contributed by atoms with Crippen molar-refractivity contribution in [2.45, 2.75) is 102 Å². The Kier molecular flexibility index (Phi) is 17.1. The van der Waals surface area contributed by atoms with E-state index in [9.17, 15) is 29.5 Å². The van der Waals surface area contributed by atoms with Gasteiger partial charge in [0.25, 0.3) is 0 Å². The number of methoxy groups -OCH3 is 1. The number of nitrogens with zero attached hydrogens (tertiary/aromatic N) is 3. The van der Waals surface area contributed by atoms with Gasteiger partial charge in [-0.2, -0.15) is 0 Å². The second-order valence-electron chi connectivity index (χ2n) is 13.0. The van der Waals surface area contributed by atoms with E-state index in [0.717, 1.165) is 45.9 Å². The van der Waals surface area contributed by atoms with Crippen LogP contribution in [0.1, 0.15) is 38.8 Å². The largest absolute Gasteiger partial charge is 0.465 e. The van der Waals surface area contributed by atoms with Crippen LogP contribution in [0, 0.1) is 0 Å². The molecule has 0 saturated carbocycles. The highest BCUT2D eigenvalue weighted by Gasteiger charge is 2.67. The fourth-order valence-corrected chi connectivity index (χ4v) is 6.41. The lowest BCUT2D eigenvalue weighted by atomic mass is 9.88. The van der Waals surface area contributed by atoms with E-state index >= 15 is 0 Å². The molecule has 58 heavy (non-hydrogen) atoms. The average molecular weight is 814 g/mol. The highest BCUT2D eigenvalue weighted by molar-refractivity contribution is 5.80. The van der Waals surface area contributed by atoms with Crippen molar-refractivity contribution in [1.82, 2.24) is 0 Å². The molecule has 2 saturated heterocycles. The van der Waals surface area contributed by atoms with Gasteiger partial charge in [0.05, 0.1) is 52.3 Å². The first kappa shape index (κ1) is 45.3. The maximum Gasteiger partial charge on any atom is 0.370 e. The summed E-state index contributed by atoms with van der Waals surface area (Å²) in [5, 5.41) is 3.90. The number of benzene rings is 2. The second kappa shape index (κ2) is 21.9. The van der Waals surface area contributed by atoms with Gasteiger partial charge in [0.2, 0.25) is 6.10 Å². The molecule has 19 nitrogen and oxygen atoms in total. The van der Waals surface area contributed by atoms with Gasteiger partial charge in [0, 0.05) is 32.6 Å². The van der Waals surface area contributed by atoms with Crippen LogP contribution in [-0.4, -0.2) is 118 Å². The molecule has 0 radical (unpaired) electrons. The number of rotatable bonds is 19. The lowest BCUT2D eigenvalue weighted by Crippen LogP contribution is -2.73. The van der Waals surface area contributed by atoms with Crippen molar-refractivity contribution < 1.29 is 76.1 Å². The smallest absolute Gasteiger partial charge is 0.370 e. The molecular weight excluding hydrogens is 766 g/mol. The van der Waals surface area contributed by atoms with E-state index in [0.29, 0.717) is 0 Å². The molecular formula is C39H47N3O16. The van der Waals surface area contributed by atoms with Crippen molar-refractivity contribution in [1.29, 1.82) is 0 Å². The number of ether oxygens (including phenoxy) is 11. The van der Waals surface area contributed by atoms with Gasteiger partial charge < -0.3 is 52.1 Å². The van der Waals surface area contributed by atoms with Crippen LogP contribution in [0.15, 0.2) is 78.4 Å². The summed E-state index contributed by atoms with van der Waals surface area (Å²) in [6.45, 7) is 6.65. The Morgan fingerprint density at radius 2 is 1.40 bits per heavy atom. The minimum atomic E-state index is -2.73. The monoisotopic (exact) mass is 813 g/mol. The van der Waals surface area contributed by atoms with E-state index in [1.54, 1.807) is 0 Å². The maximum atomic E-state index is 13.7. The van der Waals surface area contributed by atoms with E-state index in [1.807, 2.05) is 60.7 Å². The Balaban J connectivity index is 1.78. The molecule has 4 rings (SSSR count). The molecule has 10 atom stereocenters. The van der Waals surface area contributed by atoms with Crippen LogP contribution in [0.4, 0.5) is 0 Å². The summed E-state index contributed by atoms with van der Waals surface area (Å²) < 4.78 is 64.5. The standard InChI is InChI=1S/C39H47N3O16/c1-7-18-53-39(38(47)48-6)36(57-26(5)46)34(56-25(4)45)33(55-24(3)44)32(58-39)30(54-23(2)43)22-52-37-35(50-20-28-16-12-9-13-17-28)31(29(21-51-37)41-42-40)49-19-27-14-10-8-11-15-27/h7-17,29-37H,1,18-22H2,2-6H3/t29-,30+,31-,32+,33-,34-,35+,36-,37+,39+/m0/s1. The lowest BCUT2D eigenvalue weighted by Gasteiger charge is -2.50. The average Bonchev–Trinajstić information content (AvgIpc) is 3.19. The van der Waals surface area contributed by atoms with Crippen molar-refractivity contribution in [2.75, 3.05) is 26.9 Å². The molecule has 2 aromatic rings. The van der Waals surface area contributed by atoms with Crippen molar-refractivity contribution in [2.24, 2.45) is 5.11 Å². The number of carbonyl (C=O) groups excluding carboxylic acids is 5. The van der Waals surface area contributed by atoms with Gasteiger partial charge in [-0.1, -0.05) is 71.9 Å². The van der Waals surface area contributed by atoms with Crippen LogP contribution in [-0.2, 0) is 89.3 Å². The zero-order chi connectivity index (χ0) is 42.2. The Morgan fingerprint density at radius 1 is 0.828 bits per heavy atom. The third kappa shape index (κ3) is 12.1. The first-order valence-electron chi connectivity index (χ1n) is 18.1. The summed E-state index contributed by atoms with van der Waals surface area (Å²) in [6.07, 6.45) is -11.0. The Morgan fingerprint density at radius 3 is 1.91 bits per heavy atom. The van der Waals surface area contributed by atoms with Crippen LogP contribution in [0.25, 0.3) is 10.4 Å². The number of hydrogen-bond acceptors (Lipinski definition) is 17. The molecule has 0 aliphatic carbocycles. The second-order valence-corrected chi connectivity index (χ2v) is 13.0. The molecule has 0 spiro atoms. The van der Waals surface area contributed by atoms with Gasteiger partial charge in [-0.25, -0.2) is 4.79 Å². The van der Waals surface area contributed by atoms with Crippen LogP contribution in [0.2, 0.25) is 0 Å². The number of hydrogen-bond donors (Lipinski definition) is 0. The van der Waals surface area contributed by atoms with Gasteiger partial charge in [-0.15, -0.1) is 6.58 Å². The predicted molar refractivity (Wildman–Crippen MR) is 197 cm³/mol. The third-order valence-corrected chi connectivity index (χ3v) is 8.70. The number of azide groups is 1. The third-order valence-electron chi connectivity index (χ3n) is 8.70. The minimum absolute atomic E-state index is 0.0421. The molecule has 0 unspecified atom stereocenters. The maximum absolute atomic E-state index is 13.7. The molecule has 19 heteroatoms. The number of carbonyl (C=O) groups is 5. The van der Waals surface area contributed by atoms with Crippen molar-refractivity contribution >= 4 is 29.8 Å². The lowest BCUT2D eigenvalue weighted by molar-refractivity contribution is -0.362. The fourth-order valence-electron chi connectivity index (χ4n) is 6.41. The Labute approximate surface area is 334 Å². The number of esters is 5. The van der Waals surface area contributed by atoms with Gasteiger partial charge in [0.15, 0.2) is 24.6 Å². The van der Waals surface area contributed by atoms with Crippen molar-refractivity contribution in [3.63, 3.8) is 0 Å². The van der Waals surface area contributed by atoms with Gasteiger partial charge >= 0.3 is 35.6 Å². The Hall–Kier alpha value is -5.40. The van der Waals surface area contributed by atoms with Crippen LogP contribution < -0.4 is 0 Å². The van der Waals surface area contributed by atoms with Gasteiger partial charge in [-0.05, 0) is 16.7 Å². The summed E-state index contributed by atoms with van der Waals surface area (Å²) in [4.78, 5) is 67.1. The molecule has 314 valence electrons. The van der Waals surface area contributed by atoms with Gasteiger partial charge in [-0.3, -0.25) is 19.2 Å². The quantitative estimate of drug-likeness (QED) is 0.0493. The Bertz CT molecular complexity index is 1760. The van der Waals surface area contributed by atoms with Crippen LogP contribution >= 0.6 is 0 Å². The van der Waals surface area contributed by atoms with Crippen LogP contribution in [0.3, 0.4) is 0 Å². The molecule has 2 aromatic carbocycles. The van der Waals surface area contributed by atoms with E-state index in [2.05, 4.69) is 16.6 Å². The molecule has 0 aromatic heterocycles. The van der Waals surface area contributed by atoms with Crippen LogP contribution in [0.5, 0.6) is 0 Å². The zero-order valence-corrected chi connectivity index (χ0v) is 32.7. The van der Waals surface area contributed by atoms with E-state index in [-0.39, 0.29) is 19.8 Å². The summed E-state index contributed by atoms with van der Waals surface area (Å²) in [7, 11) is 0.992. The summed E-state index contributed by atoms with van der Waals surface area (Å²) >= 11 is 0. The summed E-state index contributed by atoms with van der Waals surface area (Å²) in [6, 6.07) is 17.5. The molecule has 0 amide bonds. The highest BCUT2D eigenvalue weighted by atomic mass is 16.8. The summed E-state index contributed by atoms with van der Waals surface area (Å²) in [5.41, 5.74) is 11.0. The van der Waals surface area contributed by atoms with Crippen molar-refractivity contribution in [3.8, 4) is 0 Å². The first-order chi connectivity index (χ1) is 27.8. The highest BCUT2D eigenvalue weighted by Crippen LogP contribution is 2.40. The van der Waals surface area contributed by atoms with E-state index < -0.39 is 104 Å².